The van der Waals surface area contributed by atoms with E-state index in [0.717, 1.165) is 28.1 Å². The molecule has 2 atom stereocenters. The Morgan fingerprint density at radius 3 is 2.39 bits per heavy atom. The summed E-state index contributed by atoms with van der Waals surface area (Å²) in [4.78, 5) is 0. The van der Waals surface area contributed by atoms with Gasteiger partial charge in [-0.25, -0.2) is 4.68 Å². The first-order valence-corrected chi connectivity index (χ1v) is 8.97. The van der Waals surface area contributed by atoms with Crippen molar-refractivity contribution in [1.82, 2.24) is 25.5 Å². The zero-order valence-corrected chi connectivity index (χ0v) is 17.1. The molecular weight excluding hydrogens is 378 g/mol. The molecule has 7 nitrogen and oxygen atoms in total. The fourth-order valence-electron chi connectivity index (χ4n) is 2.89. The molecule has 0 radical (unpaired) electrons. The van der Waals surface area contributed by atoms with Gasteiger partial charge in [0.05, 0.1) is 5.69 Å². The zero-order valence-electron chi connectivity index (χ0n) is 16.2. The van der Waals surface area contributed by atoms with Crippen molar-refractivity contribution in [3.63, 3.8) is 0 Å². The molecule has 0 amide bonds. The largest absolute Gasteiger partial charge is 0.491 e. The lowest BCUT2D eigenvalue weighted by atomic mass is 10.1. The Labute approximate surface area is 171 Å². The molecule has 8 heteroatoms. The average molecular weight is 404 g/mol. The SMILES string of the molecule is Cc1cc(C)cc(OCC(O)CNC(C)c2ccc(-n3cnnn3)cc2)c1.Cl. The predicted octanol–water partition coefficient (Wildman–Crippen LogP) is 2.79. The van der Waals surface area contributed by atoms with E-state index in [1.165, 1.54) is 0 Å². The number of hydrogen-bond donors (Lipinski definition) is 2. The van der Waals surface area contributed by atoms with Gasteiger partial charge in [0.25, 0.3) is 0 Å². The summed E-state index contributed by atoms with van der Waals surface area (Å²) < 4.78 is 7.32. The lowest BCUT2D eigenvalue weighted by molar-refractivity contribution is 0.104. The molecule has 0 saturated heterocycles. The number of aliphatic hydroxyl groups is 1. The number of aryl methyl sites for hydroxylation is 2. The highest BCUT2D eigenvalue weighted by atomic mass is 35.5. The third-order valence-corrected chi connectivity index (χ3v) is 4.30. The summed E-state index contributed by atoms with van der Waals surface area (Å²) >= 11 is 0. The molecule has 0 aliphatic rings. The van der Waals surface area contributed by atoms with E-state index < -0.39 is 6.10 Å². The number of aromatic nitrogens is 4. The number of hydrogen-bond acceptors (Lipinski definition) is 6. The fraction of sp³-hybridized carbons (Fsp3) is 0.350. The summed E-state index contributed by atoms with van der Waals surface area (Å²) in [6.07, 6.45) is 0.969. The lowest BCUT2D eigenvalue weighted by Gasteiger charge is -2.18. The summed E-state index contributed by atoms with van der Waals surface area (Å²) in [7, 11) is 0. The van der Waals surface area contributed by atoms with Crippen LogP contribution >= 0.6 is 12.4 Å². The maximum Gasteiger partial charge on any atom is 0.143 e. The van der Waals surface area contributed by atoms with Crippen LogP contribution in [0.5, 0.6) is 5.75 Å². The van der Waals surface area contributed by atoms with Crippen molar-refractivity contribution in [2.45, 2.75) is 32.9 Å². The molecule has 0 aliphatic heterocycles. The van der Waals surface area contributed by atoms with Crippen LogP contribution in [-0.2, 0) is 0 Å². The van der Waals surface area contributed by atoms with Crippen molar-refractivity contribution >= 4 is 12.4 Å². The van der Waals surface area contributed by atoms with Gasteiger partial charge in [0.15, 0.2) is 0 Å². The predicted molar refractivity (Wildman–Crippen MR) is 110 cm³/mol. The van der Waals surface area contributed by atoms with Gasteiger partial charge >= 0.3 is 0 Å². The fourth-order valence-corrected chi connectivity index (χ4v) is 2.89. The minimum Gasteiger partial charge on any atom is -0.491 e. The Balaban J connectivity index is 0.00000280. The smallest absolute Gasteiger partial charge is 0.143 e. The van der Waals surface area contributed by atoms with Crippen molar-refractivity contribution in [1.29, 1.82) is 0 Å². The van der Waals surface area contributed by atoms with Crippen LogP contribution in [0.3, 0.4) is 0 Å². The van der Waals surface area contributed by atoms with E-state index in [0.29, 0.717) is 6.54 Å². The van der Waals surface area contributed by atoms with Crippen LogP contribution in [0.15, 0.2) is 48.8 Å². The van der Waals surface area contributed by atoms with Crippen LogP contribution in [0.25, 0.3) is 5.69 Å². The highest BCUT2D eigenvalue weighted by molar-refractivity contribution is 5.85. The van der Waals surface area contributed by atoms with Crippen LogP contribution in [0.4, 0.5) is 0 Å². The Morgan fingerprint density at radius 2 is 1.79 bits per heavy atom. The monoisotopic (exact) mass is 403 g/mol. The van der Waals surface area contributed by atoms with Gasteiger partial charge in [0, 0.05) is 12.6 Å². The summed E-state index contributed by atoms with van der Waals surface area (Å²) in [5.74, 6) is 0.790. The lowest BCUT2D eigenvalue weighted by Crippen LogP contribution is -2.33. The second-order valence-electron chi connectivity index (χ2n) is 6.76. The van der Waals surface area contributed by atoms with Gasteiger partial charge in [0.1, 0.15) is 24.8 Å². The maximum absolute atomic E-state index is 10.2. The van der Waals surface area contributed by atoms with Gasteiger partial charge in [-0.1, -0.05) is 18.2 Å². The first-order chi connectivity index (χ1) is 13.0. The molecule has 3 rings (SSSR count). The van der Waals surface area contributed by atoms with Gasteiger partial charge in [-0.3, -0.25) is 0 Å². The Hall–Kier alpha value is -2.48. The second kappa shape index (κ2) is 10.2. The molecule has 0 fully saturated rings. The van der Waals surface area contributed by atoms with E-state index in [4.69, 9.17) is 4.74 Å². The third kappa shape index (κ3) is 6.02. The molecule has 3 aromatic rings. The van der Waals surface area contributed by atoms with Crippen LogP contribution in [0.1, 0.15) is 29.7 Å². The summed E-state index contributed by atoms with van der Waals surface area (Å²) in [6, 6.07) is 14.1. The molecule has 0 saturated carbocycles. The summed E-state index contributed by atoms with van der Waals surface area (Å²) in [6.45, 7) is 6.82. The first-order valence-electron chi connectivity index (χ1n) is 8.97. The average Bonchev–Trinajstić information content (AvgIpc) is 3.18. The normalized spacial score (nSPS) is 12.9. The minimum absolute atomic E-state index is 0. The number of benzene rings is 2. The Bertz CT molecular complexity index is 835. The highest BCUT2D eigenvalue weighted by Gasteiger charge is 2.10. The van der Waals surface area contributed by atoms with E-state index in [9.17, 15) is 5.11 Å². The van der Waals surface area contributed by atoms with Crippen molar-refractivity contribution in [3.8, 4) is 11.4 Å². The number of tetrazole rings is 1. The highest BCUT2D eigenvalue weighted by Crippen LogP contribution is 2.17. The number of halogens is 1. The van der Waals surface area contributed by atoms with Crippen LogP contribution in [-0.4, -0.2) is 44.6 Å². The number of nitrogens with zero attached hydrogens (tertiary/aromatic N) is 4. The van der Waals surface area contributed by atoms with Gasteiger partial charge in [-0.2, -0.15) is 0 Å². The number of rotatable bonds is 8. The number of ether oxygens (including phenoxy) is 1. The van der Waals surface area contributed by atoms with Crippen LogP contribution in [0.2, 0.25) is 0 Å². The number of nitrogens with one attached hydrogen (secondary N) is 1. The van der Waals surface area contributed by atoms with Gasteiger partial charge < -0.3 is 15.2 Å². The number of aliphatic hydroxyl groups excluding tert-OH is 1. The minimum atomic E-state index is -0.589. The van der Waals surface area contributed by atoms with Crippen molar-refractivity contribution in [2.24, 2.45) is 0 Å². The Kier molecular flexibility index (Phi) is 7.92. The molecule has 2 aromatic carbocycles. The molecule has 1 heterocycles. The van der Waals surface area contributed by atoms with Gasteiger partial charge in [-0.05, 0) is 72.2 Å². The first kappa shape index (κ1) is 21.8. The summed E-state index contributed by atoms with van der Waals surface area (Å²) in [5.41, 5.74) is 4.32. The third-order valence-electron chi connectivity index (χ3n) is 4.30. The second-order valence-corrected chi connectivity index (χ2v) is 6.76. The standard InChI is InChI=1S/C20H25N5O2.ClH/c1-14-8-15(2)10-20(9-14)27-12-19(26)11-21-16(3)17-4-6-18(7-5-17)25-13-22-23-24-25;/h4-10,13,16,19,21,26H,11-12H2,1-3H3;1H. The molecule has 2 N–H and O–H groups in total. The molecule has 150 valence electrons. The van der Waals surface area contributed by atoms with E-state index in [1.54, 1.807) is 11.0 Å². The van der Waals surface area contributed by atoms with Gasteiger partial charge in [0.2, 0.25) is 0 Å². The van der Waals surface area contributed by atoms with E-state index in [-0.39, 0.29) is 25.1 Å². The zero-order chi connectivity index (χ0) is 19.2. The van der Waals surface area contributed by atoms with E-state index in [2.05, 4.69) is 33.8 Å². The van der Waals surface area contributed by atoms with Crippen molar-refractivity contribution < 1.29 is 9.84 Å². The van der Waals surface area contributed by atoms with Crippen molar-refractivity contribution in [3.05, 3.63) is 65.5 Å². The Morgan fingerprint density at radius 1 is 1.11 bits per heavy atom. The van der Waals surface area contributed by atoms with Gasteiger partial charge in [-0.15, -0.1) is 17.5 Å². The van der Waals surface area contributed by atoms with Crippen LogP contribution in [0, 0.1) is 13.8 Å². The molecule has 0 spiro atoms. The molecule has 0 aliphatic carbocycles. The van der Waals surface area contributed by atoms with E-state index in [1.807, 2.05) is 50.2 Å². The maximum atomic E-state index is 10.2. The summed E-state index contributed by atoms with van der Waals surface area (Å²) in [5, 5.41) is 24.7. The topological polar surface area (TPSA) is 85.1 Å². The van der Waals surface area contributed by atoms with Crippen molar-refractivity contribution in [2.75, 3.05) is 13.2 Å². The van der Waals surface area contributed by atoms with E-state index >= 15 is 0 Å². The molecule has 28 heavy (non-hydrogen) atoms. The quantitative estimate of drug-likeness (QED) is 0.601. The molecular formula is C20H26ClN5O2. The van der Waals surface area contributed by atoms with Crippen LogP contribution < -0.4 is 10.1 Å². The molecule has 0 bridgehead atoms. The molecule has 2 unspecified atom stereocenters. The molecule has 1 aromatic heterocycles.